The normalized spacial score (nSPS) is 11.5. The lowest BCUT2D eigenvalue weighted by molar-refractivity contribution is 0.489. The van der Waals surface area contributed by atoms with Crippen LogP contribution in [0.15, 0.2) is 23.1 Å². The van der Waals surface area contributed by atoms with Crippen LogP contribution in [0.1, 0.15) is 5.56 Å². The number of sulfonamides is 1. The molecule has 0 aliphatic rings. The SMILES string of the molecule is CN(CCBr)S(=O)(=O)c1ccc(F)c(C#N)c1. The standard InChI is InChI=1S/C10H10BrFN2O2S/c1-14(5-4-11)17(15,16)9-2-3-10(12)8(6-9)7-13/h2-3,6H,4-5H2,1H3. The van der Waals surface area contributed by atoms with Crippen LogP contribution in [0, 0.1) is 17.1 Å². The Morgan fingerprint density at radius 3 is 2.71 bits per heavy atom. The minimum atomic E-state index is -3.66. The summed E-state index contributed by atoms with van der Waals surface area (Å²) in [5.74, 6) is -0.727. The molecule has 92 valence electrons. The van der Waals surface area contributed by atoms with Gasteiger partial charge in [0.25, 0.3) is 0 Å². The number of benzene rings is 1. The van der Waals surface area contributed by atoms with E-state index >= 15 is 0 Å². The van der Waals surface area contributed by atoms with Crippen molar-refractivity contribution in [1.82, 2.24) is 4.31 Å². The summed E-state index contributed by atoms with van der Waals surface area (Å²) in [4.78, 5) is -0.0844. The first-order chi connectivity index (χ1) is 7.93. The van der Waals surface area contributed by atoms with Gasteiger partial charge in [0.15, 0.2) is 0 Å². The van der Waals surface area contributed by atoms with Crippen LogP contribution >= 0.6 is 15.9 Å². The molecule has 0 spiro atoms. The Bertz CT molecular complexity index is 554. The highest BCUT2D eigenvalue weighted by molar-refractivity contribution is 9.09. The van der Waals surface area contributed by atoms with Crippen LogP contribution in [0.2, 0.25) is 0 Å². The number of rotatable bonds is 4. The Hall–Kier alpha value is -0.970. The van der Waals surface area contributed by atoms with Crippen LogP contribution in [-0.4, -0.2) is 31.6 Å². The average molecular weight is 321 g/mol. The molecule has 0 heterocycles. The molecule has 4 nitrogen and oxygen atoms in total. The van der Waals surface area contributed by atoms with Gasteiger partial charge in [0.05, 0.1) is 10.5 Å². The van der Waals surface area contributed by atoms with Crippen molar-refractivity contribution in [3.8, 4) is 6.07 Å². The number of alkyl halides is 1. The lowest BCUT2D eigenvalue weighted by Crippen LogP contribution is -2.28. The summed E-state index contributed by atoms with van der Waals surface area (Å²) in [6, 6.07) is 4.78. The third-order valence-electron chi connectivity index (χ3n) is 2.17. The van der Waals surface area contributed by atoms with Crippen molar-refractivity contribution in [2.75, 3.05) is 18.9 Å². The second kappa shape index (κ2) is 5.58. The molecule has 1 aromatic carbocycles. The largest absolute Gasteiger partial charge is 0.242 e. The van der Waals surface area contributed by atoms with Gasteiger partial charge < -0.3 is 0 Å². The van der Waals surface area contributed by atoms with E-state index in [1.807, 2.05) is 0 Å². The lowest BCUT2D eigenvalue weighted by Gasteiger charge is -2.15. The Morgan fingerprint density at radius 2 is 2.18 bits per heavy atom. The Morgan fingerprint density at radius 1 is 1.53 bits per heavy atom. The van der Waals surface area contributed by atoms with Crippen LogP contribution < -0.4 is 0 Å². The van der Waals surface area contributed by atoms with Crippen molar-refractivity contribution < 1.29 is 12.8 Å². The first kappa shape index (κ1) is 14.1. The van der Waals surface area contributed by atoms with E-state index in [9.17, 15) is 12.8 Å². The molecular formula is C10H10BrFN2O2S. The van der Waals surface area contributed by atoms with Gasteiger partial charge in [0, 0.05) is 18.9 Å². The number of halogens is 2. The van der Waals surface area contributed by atoms with E-state index in [2.05, 4.69) is 15.9 Å². The van der Waals surface area contributed by atoms with Gasteiger partial charge >= 0.3 is 0 Å². The van der Waals surface area contributed by atoms with Crippen LogP contribution in [0.5, 0.6) is 0 Å². The second-order valence-electron chi connectivity index (χ2n) is 3.27. The summed E-state index contributed by atoms with van der Waals surface area (Å²) >= 11 is 3.14. The van der Waals surface area contributed by atoms with E-state index in [1.165, 1.54) is 7.05 Å². The fourth-order valence-corrected chi connectivity index (χ4v) is 3.13. The molecule has 0 aromatic heterocycles. The molecule has 1 aromatic rings. The van der Waals surface area contributed by atoms with Gasteiger partial charge in [-0.15, -0.1) is 0 Å². The second-order valence-corrected chi connectivity index (χ2v) is 6.11. The van der Waals surface area contributed by atoms with Crippen LogP contribution in [0.3, 0.4) is 0 Å². The summed E-state index contributed by atoms with van der Waals surface area (Å²) in [6.45, 7) is 0.293. The summed E-state index contributed by atoms with van der Waals surface area (Å²) in [6.07, 6.45) is 0. The van der Waals surface area contributed by atoms with E-state index < -0.39 is 15.8 Å². The summed E-state index contributed by atoms with van der Waals surface area (Å²) in [5.41, 5.74) is -0.279. The first-order valence-electron chi connectivity index (χ1n) is 4.65. The maximum Gasteiger partial charge on any atom is 0.242 e. The van der Waals surface area contributed by atoms with Crippen LogP contribution in [0.25, 0.3) is 0 Å². The quantitative estimate of drug-likeness (QED) is 0.793. The van der Waals surface area contributed by atoms with E-state index in [-0.39, 0.29) is 10.5 Å². The Kier molecular flexibility index (Phi) is 4.62. The average Bonchev–Trinajstić information content (AvgIpc) is 2.29. The van der Waals surface area contributed by atoms with Crippen molar-refractivity contribution in [1.29, 1.82) is 5.26 Å². The van der Waals surface area contributed by atoms with E-state index in [4.69, 9.17) is 5.26 Å². The molecule has 7 heteroatoms. The molecule has 1 rings (SSSR count). The number of nitriles is 1. The molecule has 0 saturated heterocycles. The number of nitrogens with zero attached hydrogens (tertiary/aromatic N) is 2. The maximum absolute atomic E-state index is 13.1. The van der Waals surface area contributed by atoms with Gasteiger partial charge in [-0.25, -0.2) is 17.1 Å². The van der Waals surface area contributed by atoms with Crippen molar-refractivity contribution in [3.05, 3.63) is 29.6 Å². The zero-order valence-corrected chi connectivity index (χ0v) is 11.4. The highest BCUT2D eigenvalue weighted by Gasteiger charge is 2.21. The third-order valence-corrected chi connectivity index (χ3v) is 4.37. The van der Waals surface area contributed by atoms with Crippen molar-refractivity contribution in [2.45, 2.75) is 4.90 Å². The maximum atomic E-state index is 13.1. The van der Waals surface area contributed by atoms with Crippen molar-refractivity contribution >= 4 is 26.0 Å². The fraction of sp³-hybridized carbons (Fsp3) is 0.300. The molecule has 17 heavy (non-hydrogen) atoms. The van der Waals surface area contributed by atoms with Gasteiger partial charge in [-0.1, -0.05) is 15.9 Å². The summed E-state index contributed by atoms with van der Waals surface area (Å²) < 4.78 is 38.2. The molecule has 0 radical (unpaired) electrons. The molecule has 0 bridgehead atoms. The van der Waals surface area contributed by atoms with E-state index in [0.29, 0.717) is 11.9 Å². The molecule has 0 atom stereocenters. The first-order valence-corrected chi connectivity index (χ1v) is 7.21. The zero-order valence-electron chi connectivity index (χ0n) is 9.02. The van der Waals surface area contributed by atoms with Gasteiger partial charge in [-0.2, -0.15) is 5.26 Å². The molecular weight excluding hydrogens is 311 g/mol. The summed E-state index contributed by atoms with van der Waals surface area (Å²) in [5, 5.41) is 9.14. The molecule has 0 aliphatic heterocycles. The minimum Gasteiger partial charge on any atom is -0.207 e. The highest BCUT2D eigenvalue weighted by atomic mass is 79.9. The minimum absolute atomic E-state index is 0.0844. The van der Waals surface area contributed by atoms with Gasteiger partial charge in [-0.3, -0.25) is 0 Å². The van der Waals surface area contributed by atoms with Crippen LogP contribution in [-0.2, 0) is 10.0 Å². The molecule has 0 unspecified atom stereocenters. The van der Waals surface area contributed by atoms with E-state index in [1.54, 1.807) is 6.07 Å². The molecule has 0 saturated carbocycles. The number of hydrogen-bond acceptors (Lipinski definition) is 3. The van der Waals surface area contributed by atoms with Crippen LogP contribution in [0.4, 0.5) is 4.39 Å². The predicted molar refractivity (Wildman–Crippen MR) is 64.7 cm³/mol. The third kappa shape index (κ3) is 3.03. The monoisotopic (exact) mass is 320 g/mol. The predicted octanol–water partition coefficient (Wildman–Crippen LogP) is 1.71. The molecule has 0 fully saturated rings. The zero-order chi connectivity index (χ0) is 13.1. The number of hydrogen-bond donors (Lipinski definition) is 0. The summed E-state index contributed by atoms with van der Waals surface area (Å²) in [7, 11) is -2.24. The van der Waals surface area contributed by atoms with Gasteiger partial charge in [0.1, 0.15) is 11.9 Å². The van der Waals surface area contributed by atoms with Crippen molar-refractivity contribution in [2.24, 2.45) is 0 Å². The Labute approximate surface area is 108 Å². The highest BCUT2D eigenvalue weighted by Crippen LogP contribution is 2.17. The molecule has 0 amide bonds. The topological polar surface area (TPSA) is 61.2 Å². The molecule has 0 N–H and O–H groups in total. The smallest absolute Gasteiger partial charge is 0.207 e. The lowest BCUT2D eigenvalue weighted by atomic mass is 10.2. The fourth-order valence-electron chi connectivity index (χ4n) is 1.17. The Balaban J connectivity index is 3.21. The van der Waals surface area contributed by atoms with E-state index in [0.717, 1.165) is 22.5 Å². The van der Waals surface area contributed by atoms with Gasteiger partial charge in [0.2, 0.25) is 10.0 Å². The molecule has 0 aliphatic carbocycles. The van der Waals surface area contributed by atoms with Gasteiger partial charge in [-0.05, 0) is 18.2 Å². The van der Waals surface area contributed by atoms with Crippen molar-refractivity contribution in [3.63, 3.8) is 0 Å².